The van der Waals surface area contributed by atoms with Gasteiger partial charge < -0.3 is 10.4 Å². The molecule has 0 spiro atoms. The van der Waals surface area contributed by atoms with Gasteiger partial charge in [0.25, 0.3) is 0 Å². The summed E-state index contributed by atoms with van der Waals surface area (Å²) in [5.74, 6) is 0.679. The predicted molar refractivity (Wildman–Crippen MR) is 141 cm³/mol. The topological polar surface area (TPSA) is 80.0 Å². The Hall–Kier alpha value is -4.10. The van der Waals surface area contributed by atoms with Crippen LogP contribution in [0.2, 0.25) is 0 Å². The third-order valence-electron chi connectivity index (χ3n) is 5.96. The molecule has 0 aliphatic rings. The average Bonchev–Trinajstić information content (AvgIpc) is 3.29. The van der Waals surface area contributed by atoms with Crippen molar-refractivity contribution in [1.82, 2.24) is 14.8 Å². The second-order valence-corrected chi connectivity index (χ2v) is 9.22. The van der Waals surface area contributed by atoms with Gasteiger partial charge in [0.1, 0.15) is 5.75 Å². The number of nitrogens with one attached hydrogen (secondary N) is 1. The van der Waals surface area contributed by atoms with E-state index in [-0.39, 0.29) is 17.4 Å². The van der Waals surface area contributed by atoms with Crippen LogP contribution in [-0.2, 0) is 4.79 Å². The number of aromatic nitrogens is 3. The van der Waals surface area contributed by atoms with Gasteiger partial charge in [0.05, 0.1) is 11.3 Å². The lowest BCUT2D eigenvalue weighted by atomic mass is 10.1. The molecule has 2 N–H and O–H groups in total. The zero-order chi connectivity index (χ0) is 24.4. The van der Waals surface area contributed by atoms with Crippen molar-refractivity contribution in [2.75, 3.05) is 11.1 Å². The van der Waals surface area contributed by atoms with Crippen LogP contribution in [0.3, 0.4) is 0 Å². The summed E-state index contributed by atoms with van der Waals surface area (Å²) >= 11 is 1.30. The molecule has 174 valence electrons. The van der Waals surface area contributed by atoms with E-state index in [2.05, 4.69) is 15.5 Å². The maximum absolute atomic E-state index is 12.7. The fraction of sp³-hybridized carbons (Fsp3) is 0.107. The summed E-state index contributed by atoms with van der Waals surface area (Å²) in [6.07, 6.45) is 0. The third-order valence-corrected chi connectivity index (χ3v) is 6.89. The number of hydrogen-bond donors (Lipinski definition) is 2. The first kappa shape index (κ1) is 22.7. The van der Waals surface area contributed by atoms with Crippen molar-refractivity contribution in [2.24, 2.45) is 0 Å². The monoisotopic (exact) mass is 480 g/mol. The number of phenols is 1. The van der Waals surface area contributed by atoms with Gasteiger partial charge in [0, 0.05) is 11.4 Å². The van der Waals surface area contributed by atoms with E-state index in [0.717, 1.165) is 33.3 Å². The largest absolute Gasteiger partial charge is 0.507 e. The Balaban J connectivity index is 1.48. The number of phenolic OH excluding ortho intramolecular Hbond substituents is 1. The molecule has 1 heterocycles. The Morgan fingerprint density at radius 1 is 0.914 bits per heavy atom. The summed E-state index contributed by atoms with van der Waals surface area (Å²) in [5, 5.41) is 25.1. The Labute approximate surface area is 207 Å². The van der Waals surface area contributed by atoms with Gasteiger partial charge in [0.2, 0.25) is 5.91 Å². The van der Waals surface area contributed by atoms with Crippen LogP contribution < -0.4 is 5.32 Å². The normalized spacial score (nSPS) is 11.0. The van der Waals surface area contributed by atoms with Crippen LogP contribution in [0.25, 0.3) is 27.8 Å². The van der Waals surface area contributed by atoms with Crippen LogP contribution >= 0.6 is 11.8 Å². The Morgan fingerprint density at radius 2 is 1.63 bits per heavy atom. The minimum Gasteiger partial charge on any atom is -0.507 e. The average molecular weight is 481 g/mol. The van der Waals surface area contributed by atoms with E-state index in [0.29, 0.717) is 16.5 Å². The standard InChI is InChI=1S/C28H24N4O2S/c1-18-9-8-14-24(19(18)2)29-26(34)17-35-28-31-30-27(32(28)22-12-4-3-5-13-22)23-15-20-10-6-7-11-21(20)16-25(23)33/h3-16,33H,17H2,1-2H3,(H,29,34). The van der Waals surface area contributed by atoms with Gasteiger partial charge >= 0.3 is 0 Å². The number of carbonyl (C=O) groups excluding carboxylic acids is 1. The molecule has 0 aliphatic carbocycles. The Morgan fingerprint density at radius 3 is 2.40 bits per heavy atom. The fourth-order valence-electron chi connectivity index (χ4n) is 3.96. The molecule has 5 rings (SSSR count). The highest BCUT2D eigenvalue weighted by Gasteiger charge is 2.20. The SMILES string of the molecule is Cc1cccc(NC(=O)CSc2nnc(-c3cc4ccccc4cc3O)n2-c2ccccc2)c1C. The van der Waals surface area contributed by atoms with E-state index in [4.69, 9.17) is 0 Å². The van der Waals surface area contributed by atoms with E-state index < -0.39 is 0 Å². The van der Waals surface area contributed by atoms with Gasteiger partial charge in [0.15, 0.2) is 11.0 Å². The van der Waals surface area contributed by atoms with Gasteiger partial charge in [-0.05, 0) is 66.1 Å². The van der Waals surface area contributed by atoms with Crippen molar-refractivity contribution in [3.8, 4) is 22.8 Å². The maximum atomic E-state index is 12.7. The lowest BCUT2D eigenvalue weighted by Gasteiger charge is -2.13. The number of anilines is 1. The van der Waals surface area contributed by atoms with Crippen LogP contribution in [0.15, 0.2) is 90.1 Å². The number of benzene rings is 4. The van der Waals surface area contributed by atoms with Crippen molar-refractivity contribution in [3.05, 3.63) is 96.1 Å². The van der Waals surface area contributed by atoms with Crippen LogP contribution in [0.4, 0.5) is 5.69 Å². The highest BCUT2D eigenvalue weighted by Crippen LogP contribution is 2.35. The molecule has 35 heavy (non-hydrogen) atoms. The summed E-state index contributed by atoms with van der Waals surface area (Å²) in [7, 11) is 0. The van der Waals surface area contributed by atoms with Crippen molar-refractivity contribution < 1.29 is 9.90 Å². The number of hydrogen-bond acceptors (Lipinski definition) is 5. The number of thioether (sulfide) groups is 1. The first-order valence-corrected chi connectivity index (χ1v) is 12.2. The molecule has 0 radical (unpaired) electrons. The van der Waals surface area contributed by atoms with Crippen molar-refractivity contribution in [1.29, 1.82) is 0 Å². The molecular weight excluding hydrogens is 456 g/mol. The molecule has 0 atom stereocenters. The molecule has 0 bridgehead atoms. The van der Waals surface area contributed by atoms with E-state index in [1.807, 2.05) is 97.3 Å². The quantitative estimate of drug-likeness (QED) is 0.285. The molecule has 4 aromatic carbocycles. The van der Waals surface area contributed by atoms with Gasteiger partial charge in [-0.15, -0.1) is 10.2 Å². The molecule has 1 amide bonds. The van der Waals surface area contributed by atoms with E-state index in [1.165, 1.54) is 11.8 Å². The molecule has 5 aromatic rings. The van der Waals surface area contributed by atoms with E-state index >= 15 is 0 Å². The number of aromatic hydroxyl groups is 1. The maximum Gasteiger partial charge on any atom is 0.234 e. The van der Waals surface area contributed by atoms with Crippen molar-refractivity contribution in [2.45, 2.75) is 19.0 Å². The van der Waals surface area contributed by atoms with E-state index in [1.54, 1.807) is 6.07 Å². The second-order valence-electron chi connectivity index (χ2n) is 8.28. The smallest absolute Gasteiger partial charge is 0.234 e. The number of fused-ring (bicyclic) bond motifs is 1. The summed E-state index contributed by atoms with van der Waals surface area (Å²) in [6.45, 7) is 4.01. The fourth-order valence-corrected chi connectivity index (χ4v) is 4.71. The van der Waals surface area contributed by atoms with Gasteiger partial charge in [-0.1, -0.05) is 66.4 Å². The molecule has 7 heteroatoms. The summed E-state index contributed by atoms with van der Waals surface area (Å²) in [4.78, 5) is 12.7. The lowest BCUT2D eigenvalue weighted by molar-refractivity contribution is -0.113. The van der Waals surface area contributed by atoms with Gasteiger partial charge in [-0.25, -0.2) is 0 Å². The van der Waals surface area contributed by atoms with Crippen molar-refractivity contribution in [3.63, 3.8) is 0 Å². The molecule has 0 aliphatic heterocycles. The second kappa shape index (κ2) is 9.64. The molecule has 0 saturated heterocycles. The minimum absolute atomic E-state index is 0.123. The third kappa shape index (κ3) is 4.63. The molecule has 6 nitrogen and oxygen atoms in total. The predicted octanol–water partition coefficient (Wildman–Crippen LogP) is 6.14. The first-order chi connectivity index (χ1) is 17.0. The van der Waals surface area contributed by atoms with Crippen molar-refractivity contribution >= 4 is 34.1 Å². The van der Waals surface area contributed by atoms with E-state index in [9.17, 15) is 9.90 Å². The lowest BCUT2D eigenvalue weighted by Crippen LogP contribution is -2.15. The summed E-state index contributed by atoms with van der Waals surface area (Å²) in [5.41, 5.74) is 4.40. The minimum atomic E-state index is -0.124. The highest BCUT2D eigenvalue weighted by atomic mass is 32.2. The Kier molecular flexibility index (Phi) is 6.25. The van der Waals surface area contributed by atoms with Crippen LogP contribution in [0.5, 0.6) is 5.75 Å². The summed E-state index contributed by atoms with van der Waals surface area (Å²) < 4.78 is 1.87. The van der Waals surface area contributed by atoms with Crippen LogP contribution in [0.1, 0.15) is 11.1 Å². The van der Waals surface area contributed by atoms with Crippen LogP contribution in [-0.4, -0.2) is 31.5 Å². The molecule has 0 unspecified atom stereocenters. The molecule has 0 fully saturated rings. The molecule has 1 aromatic heterocycles. The first-order valence-electron chi connectivity index (χ1n) is 11.2. The summed E-state index contributed by atoms with van der Waals surface area (Å²) in [6, 6.07) is 27.0. The zero-order valence-electron chi connectivity index (χ0n) is 19.4. The number of amides is 1. The van der Waals surface area contributed by atoms with Crippen LogP contribution in [0, 0.1) is 13.8 Å². The number of nitrogens with zero attached hydrogens (tertiary/aromatic N) is 3. The van der Waals surface area contributed by atoms with Gasteiger partial charge in [-0.2, -0.15) is 0 Å². The zero-order valence-corrected chi connectivity index (χ0v) is 20.2. The molecular formula is C28H24N4O2S. The van der Waals surface area contributed by atoms with Gasteiger partial charge in [-0.3, -0.25) is 9.36 Å². The number of para-hydroxylation sites is 1. The Bertz CT molecular complexity index is 1530. The number of aryl methyl sites for hydroxylation is 1. The molecule has 0 saturated carbocycles. The highest BCUT2D eigenvalue weighted by molar-refractivity contribution is 7.99. The number of rotatable bonds is 6. The number of carbonyl (C=O) groups is 1.